The molecule has 0 fully saturated rings. The maximum absolute atomic E-state index is 11.8. The highest BCUT2D eigenvalue weighted by Gasteiger charge is 2.23. The SMILES string of the molecule is CC=C(C)N(C(C)=O)N(C(C)=O)c1ccccc1. The number of para-hydroxylation sites is 1. The Morgan fingerprint density at radius 1 is 1.00 bits per heavy atom. The summed E-state index contributed by atoms with van der Waals surface area (Å²) in [6.07, 6.45) is 1.79. The Balaban J connectivity index is 3.27. The summed E-state index contributed by atoms with van der Waals surface area (Å²) < 4.78 is 0. The third-order valence-electron chi connectivity index (χ3n) is 2.55. The lowest BCUT2D eigenvalue weighted by Gasteiger charge is -2.33. The smallest absolute Gasteiger partial charge is 0.243 e. The van der Waals surface area contributed by atoms with Crippen molar-refractivity contribution in [3.05, 3.63) is 42.1 Å². The monoisotopic (exact) mass is 246 g/mol. The van der Waals surface area contributed by atoms with E-state index in [1.165, 1.54) is 23.9 Å². The average molecular weight is 246 g/mol. The van der Waals surface area contributed by atoms with Crippen LogP contribution >= 0.6 is 0 Å². The van der Waals surface area contributed by atoms with E-state index in [9.17, 15) is 9.59 Å². The average Bonchev–Trinajstić information content (AvgIpc) is 2.35. The van der Waals surface area contributed by atoms with Crippen molar-refractivity contribution in [2.24, 2.45) is 0 Å². The third-order valence-corrected chi connectivity index (χ3v) is 2.55. The van der Waals surface area contributed by atoms with Crippen molar-refractivity contribution in [3.63, 3.8) is 0 Å². The zero-order valence-electron chi connectivity index (χ0n) is 11.2. The Bertz CT molecular complexity index is 466. The number of anilines is 1. The van der Waals surface area contributed by atoms with Crippen molar-refractivity contribution >= 4 is 17.5 Å². The maximum atomic E-state index is 11.8. The minimum absolute atomic E-state index is 0.204. The molecule has 1 aromatic carbocycles. The highest BCUT2D eigenvalue weighted by atomic mass is 16.2. The van der Waals surface area contributed by atoms with Crippen molar-refractivity contribution in [1.82, 2.24) is 5.01 Å². The zero-order valence-corrected chi connectivity index (χ0v) is 11.2. The molecule has 0 N–H and O–H groups in total. The molecule has 2 amide bonds. The fourth-order valence-electron chi connectivity index (χ4n) is 1.68. The molecule has 0 aliphatic carbocycles. The molecule has 0 aliphatic heterocycles. The fraction of sp³-hybridized carbons (Fsp3) is 0.286. The topological polar surface area (TPSA) is 40.6 Å². The Morgan fingerprint density at radius 3 is 1.94 bits per heavy atom. The van der Waals surface area contributed by atoms with Gasteiger partial charge in [-0.05, 0) is 26.0 Å². The molecule has 0 saturated heterocycles. The number of nitrogens with zero attached hydrogens (tertiary/aromatic N) is 2. The van der Waals surface area contributed by atoms with Crippen molar-refractivity contribution in [2.75, 3.05) is 5.01 Å². The van der Waals surface area contributed by atoms with Crippen LogP contribution in [0.15, 0.2) is 42.1 Å². The van der Waals surface area contributed by atoms with Crippen LogP contribution in [0.25, 0.3) is 0 Å². The first-order chi connectivity index (χ1) is 8.49. The number of hydrogen-bond acceptors (Lipinski definition) is 2. The normalized spacial score (nSPS) is 11.0. The van der Waals surface area contributed by atoms with Crippen LogP contribution < -0.4 is 5.01 Å². The fourth-order valence-corrected chi connectivity index (χ4v) is 1.68. The van der Waals surface area contributed by atoms with E-state index in [4.69, 9.17) is 0 Å². The van der Waals surface area contributed by atoms with Crippen LogP contribution in [0.3, 0.4) is 0 Å². The van der Waals surface area contributed by atoms with E-state index < -0.39 is 0 Å². The summed E-state index contributed by atoms with van der Waals surface area (Å²) in [7, 11) is 0. The number of hydrogen-bond donors (Lipinski definition) is 0. The van der Waals surface area contributed by atoms with E-state index in [1.54, 1.807) is 25.1 Å². The molecule has 4 nitrogen and oxygen atoms in total. The molecule has 0 unspecified atom stereocenters. The first kappa shape index (κ1) is 14.0. The standard InChI is InChI=1S/C14H18N2O2/c1-5-11(2)15(12(3)17)16(13(4)18)14-9-7-6-8-10-14/h5-10H,1-4H3. The minimum atomic E-state index is -0.211. The lowest BCUT2D eigenvalue weighted by Crippen LogP contribution is -2.47. The predicted octanol–water partition coefficient (Wildman–Crippen LogP) is 2.73. The molecule has 18 heavy (non-hydrogen) atoms. The Morgan fingerprint density at radius 2 is 1.56 bits per heavy atom. The predicted molar refractivity (Wildman–Crippen MR) is 71.6 cm³/mol. The highest BCUT2D eigenvalue weighted by Crippen LogP contribution is 2.20. The summed E-state index contributed by atoms with van der Waals surface area (Å²) in [6.45, 7) is 6.49. The molecule has 96 valence electrons. The van der Waals surface area contributed by atoms with E-state index >= 15 is 0 Å². The number of rotatable bonds is 2. The first-order valence-electron chi connectivity index (χ1n) is 5.78. The number of carbonyl (C=O) groups excluding carboxylic acids is 2. The quantitative estimate of drug-likeness (QED) is 0.753. The van der Waals surface area contributed by atoms with Gasteiger partial charge in [-0.3, -0.25) is 9.59 Å². The number of benzene rings is 1. The second kappa shape index (κ2) is 6.00. The van der Waals surface area contributed by atoms with E-state index in [1.807, 2.05) is 25.1 Å². The van der Waals surface area contributed by atoms with Crippen molar-refractivity contribution in [3.8, 4) is 0 Å². The molecule has 0 spiro atoms. The molecule has 0 atom stereocenters. The van der Waals surface area contributed by atoms with Gasteiger partial charge in [0.1, 0.15) is 0 Å². The van der Waals surface area contributed by atoms with E-state index in [2.05, 4.69) is 0 Å². The van der Waals surface area contributed by atoms with Crippen LogP contribution in [0.4, 0.5) is 5.69 Å². The molecule has 4 heteroatoms. The van der Waals surface area contributed by atoms with Gasteiger partial charge in [0.15, 0.2) is 0 Å². The van der Waals surface area contributed by atoms with Crippen LogP contribution in [0, 0.1) is 0 Å². The molecule has 1 rings (SSSR count). The van der Waals surface area contributed by atoms with Gasteiger partial charge in [0, 0.05) is 19.5 Å². The summed E-state index contributed by atoms with van der Waals surface area (Å²) in [5, 5.41) is 2.75. The van der Waals surface area contributed by atoms with Crippen molar-refractivity contribution < 1.29 is 9.59 Å². The lowest BCUT2D eigenvalue weighted by molar-refractivity contribution is -0.132. The molecule has 0 radical (unpaired) electrons. The number of carbonyl (C=O) groups is 2. The molecule has 0 bridgehead atoms. The van der Waals surface area contributed by atoms with Gasteiger partial charge >= 0.3 is 0 Å². The van der Waals surface area contributed by atoms with E-state index in [0.717, 1.165) is 0 Å². The zero-order chi connectivity index (χ0) is 13.7. The Labute approximate surface area is 107 Å². The van der Waals surface area contributed by atoms with Gasteiger partial charge in [-0.15, -0.1) is 0 Å². The van der Waals surface area contributed by atoms with Gasteiger partial charge in [0.05, 0.1) is 5.69 Å². The van der Waals surface area contributed by atoms with Gasteiger partial charge in [0.2, 0.25) is 11.8 Å². The maximum Gasteiger partial charge on any atom is 0.243 e. The largest absolute Gasteiger partial charge is 0.273 e. The molecular formula is C14H18N2O2. The van der Waals surface area contributed by atoms with Gasteiger partial charge in [0.25, 0.3) is 0 Å². The second-order valence-electron chi connectivity index (χ2n) is 3.93. The summed E-state index contributed by atoms with van der Waals surface area (Å²) >= 11 is 0. The highest BCUT2D eigenvalue weighted by molar-refractivity contribution is 5.95. The van der Waals surface area contributed by atoms with Crippen LogP contribution in [0.2, 0.25) is 0 Å². The van der Waals surface area contributed by atoms with Gasteiger partial charge in [-0.1, -0.05) is 24.3 Å². The number of amides is 2. The van der Waals surface area contributed by atoms with E-state index in [-0.39, 0.29) is 11.8 Å². The van der Waals surface area contributed by atoms with Crippen LogP contribution in [0.5, 0.6) is 0 Å². The van der Waals surface area contributed by atoms with E-state index in [0.29, 0.717) is 11.4 Å². The second-order valence-corrected chi connectivity index (χ2v) is 3.93. The molecular weight excluding hydrogens is 228 g/mol. The summed E-state index contributed by atoms with van der Waals surface area (Å²) in [6, 6.07) is 9.10. The van der Waals surface area contributed by atoms with Crippen LogP contribution in [-0.4, -0.2) is 16.8 Å². The third kappa shape index (κ3) is 2.97. The number of hydrazine groups is 1. The summed E-state index contributed by atoms with van der Waals surface area (Å²) in [5.74, 6) is -0.415. The van der Waals surface area contributed by atoms with Crippen LogP contribution in [0.1, 0.15) is 27.7 Å². The molecule has 0 heterocycles. The summed E-state index contributed by atoms with van der Waals surface area (Å²) in [5.41, 5.74) is 1.38. The molecule has 0 aromatic heterocycles. The molecule has 0 aliphatic rings. The van der Waals surface area contributed by atoms with Gasteiger partial charge < -0.3 is 0 Å². The minimum Gasteiger partial charge on any atom is -0.273 e. The van der Waals surface area contributed by atoms with Gasteiger partial charge in [-0.25, -0.2) is 10.0 Å². The summed E-state index contributed by atoms with van der Waals surface area (Å²) in [4.78, 5) is 23.6. The van der Waals surface area contributed by atoms with Crippen LogP contribution in [-0.2, 0) is 9.59 Å². The molecule has 1 aromatic rings. The van der Waals surface area contributed by atoms with Crippen molar-refractivity contribution in [2.45, 2.75) is 27.7 Å². The molecule has 0 saturated carbocycles. The lowest BCUT2D eigenvalue weighted by atomic mass is 10.3. The van der Waals surface area contributed by atoms with Gasteiger partial charge in [-0.2, -0.15) is 0 Å². The Hall–Kier alpha value is -2.10. The Kier molecular flexibility index (Phi) is 4.66. The van der Waals surface area contributed by atoms with Crippen molar-refractivity contribution in [1.29, 1.82) is 0 Å². The number of allylic oxidation sites excluding steroid dienone is 2. The first-order valence-corrected chi connectivity index (χ1v) is 5.78.